The summed E-state index contributed by atoms with van der Waals surface area (Å²) in [5.74, 6) is 0. The second-order valence-corrected chi connectivity index (χ2v) is 5.68. The zero-order valence-electron chi connectivity index (χ0n) is 10.9. The predicted octanol–water partition coefficient (Wildman–Crippen LogP) is 1.56. The number of aliphatic hydroxyl groups is 1. The van der Waals surface area contributed by atoms with Crippen LogP contribution in [0, 0.1) is 10.1 Å². The van der Waals surface area contributed by atoms with Gasteiger partial charge in [0.1, 0.15) is 5.69 Å². The molecule has 8 nitrogen and oxygen atoms in total. The fourth-order valence-electron chi connectivity index (χ4n) is 2.55. The molecule has 3 N–H and O–H groups in total. The number of benzene rings is 1. The first-order valence-corrected chi connectivity index (χ1v) is 7.02. The number of amides is 1. The van der Waals surface area contributed by atoms with Gasteiger partial charge in [-0.3, -0.25) is 10.1 Å². The lowest BCUT2D eigenvalue weighted by Gasteiger charge is -2.24. The molecule has 0 unspecified atom stereocenters. The number of nitro groups is 1. The van der Waals surface area contributed by atoms with E-state index in [0.717, 1.165) is 0 Å². The predicted molar refractivity (Wildman–Crippen MR) is 78.6 cm³/mol. The Hall–Kier alpha value is -1.87. The standard InChI is InChI=1S/C12H14BrN3O5/c13-7-1-2-10(16(20)21)11(3-7)15-5-8(14-12(18)19)4-9(15)6-17/h1-3,8-9,14,17H,4-6H2,(H,18,19)/t8-,9-/m0/s1. The number of nitrogens with zero attached hydrogens (tertiary/aromatic N) is 2. The summed E-state index contributed by atoms with van der Waals surface area (Å²) in [7, 11) is 0. The molecule has 2 atom stereocenters. The van der Waals surface area contributed by atoms with Gasteiger partial charge in [-0.15, -0.1) is 0 Å². The molecular weight excluding hydrogens is 346 g/mol. The van der Waals surface area contributed by atoms with Crippen molar-refractivity contribution in [1.29, 1.82) is 0 Å². The van der Waals surface area contributed by atoms with E-state index < -0.39 is 11.0 Å². The number of nitro benzene ring substituents is 1. The molecule has 1 aliphatic rings. The molecule has 0 aromatic heterocycles. The highest BCUT2D eigenvalue weighted by Crippen LogP contribution is 2.35. The molecule has 0 bridgehead atoms. The van der Waals surface area contributed by atoms with Crippen LogP contribution >= 0.6 is 15.9 Å². The van der Waals surface area contributed by atoms with Gasteiger partial charge in [0.15, 0.2) is 0 Å². The van der Waals surface area contributed by atoms with E-state index in [4.69, 9.17) is 5.11 Å². The van der Waals surface area contributed by atoms with Crippen molar-refractivity contribution in [2.75, 3.05) is 18.1 Å². The molecule has 0 radical (unpaired) electrons. The van der Waals surface area contributed by atoms with Crippen LogP contribution in [0.1, 0.15) is 6.42 Å². The van der Waals surface area contributed by atoms with Gasteiger partial charge in [0.25, 0.3) is 5.69 Å². The molecule has 1 aliphatic heterocycles. The lowest BCUT2D eigenvalue weighted by Crippen LogP contribution is -2.36. The number of carbonyl (C=O) groups is 1. The number of nitrogens with one attached hydrogen (secondary N) is 1. The quantitative estimate of drug-likeness (QED) is 0.554. The van der Waals surface area contributed by atoms with Crippen LogP contribution in [0.15, 0.2) is 22.7 Å². The molecule has 0 spiro atoms. The molecular formula is C12H14BrN3O5. The Morgan fingerprint density at radius 3 is 2.86 bits per heavy atom. The minimum atomic E-state index is -1.15. The first-order valence-electron chi connectivity index (χ1n) is 6.23. The fourth-order valence-corrected chi connectivity index (χ4v) is 2.89. The van der Waals surface area contributed by atoms with Crippen molar-refractivity contribution in [2.24, 2.45) is 0 Å². The van der Waals surface area contributed by atoms with Crippen LogP contribution in [0.2, 0.25) is 0 Å². The van der Waals surface area contributed by atoms with Crippen molar-refractivity contribution in [3.63, 3.8) is 0 Å². The smallest absolute Gasteiger partial charge is 0.404 e. The Labute approximate surface area is 128 Å². The van der Waals surface area contributed by atoms with Crippen LogP contribution in [0.5, 0.6) is 0 Å². The summed E-state index contributed by atoms with van der Waals surface area (Å²) in [5.41, 5.74) is 0.288. The van der Waals surface area contributed by atoms with Crippen molar-refractivity contribution in [3.8, 4) is 0 Å². The van der Waals surface area contributed by atoms with Crippen LogP contribution in [0.25, 0.3) is 0 Å². The number of anilines is 1. The monoisotopic (exact) mass is 359 g/mol. The molecule has 1 aromatic rings. The third-order valence-corrected chi connectivity index (χ3v) is 3.89. The zero-order valence-corrected chi connectivity index (χ0v) is 12.5. The van der Waals surface area contributed by atoms with Gasteiger partial charge < -0.3 is 20.4 Å². The topological polar surface area (TPSA) is 116 Å². The number of halogens is 1. The molecule has 0 aliphatic carbocycles. The highest BCUT2D eigenvalue weighted by atomic mass is 79.9. The molecule has 0 saturated carbocycles. The maximum absolute atomic E-state index is 11.1. The van der Waals surface area contributed by atoms with E-state index in [0.29, 0.717) is 16.6 Å². The summed E-state index contributed by atoms with van der Waals surface area (Å²) >= 11 is 3.27. The second-order valence-electron chi connectivity index (χ2n) is 4.76. The molecule has 2 rings (SSSR count). The Bertz CT molecular complexity index is 568. The van der Waals surface area contributed by atoms with Crippen molar-refractivity contribution in [1.82, 2.24) is 5.32 Å². The minimum Gasteiger partial charge on any atom is -0.465 e. The molecule has 1 aromatic carbocycles. The number of hydrogen-bond donors (Lipinski definition) is 3. The Morgan fingerprint density at radius 1 is 1.57 bits per heavy atom. The second kappa shape index (κ2) is 6.27. The van der Waals surface area contributed by atoms with Gasteiger partial charge in [0, 0.05) is 17.1 Å². The number of aliphatic hydroxyl groups excluding tert-OH is 1. The van der Waals surface area contributed by atoms with Gasteiger partial charge in [0.05, 0.1) is 23.6 Å². The molecule has 114 valence electrons. The summed E-state index contributed by atoms with van der Waals surface area (Å²) in [6, 6.07) is 3.81. The third kappa shape index (κ3) is 3.42. The lowest BCUT2D eigenvalue weighted by atomic mass is 10.2. The Balaban J connectivity index is 2.33. The van der Waals surface area contributed by atoms with Crippen molar-refractivity contribution < 1.29 is 19.9 Å². The fraction of sp³-hybridized carbons (Fsp3) is 0.417. The van der Waals surface area contributed by atoms with E-state index >= 15 is 0 Å². The van der Waals surface area contributed by atoms with Crippen LogP contribution in [-0.4, -0.2) is 46.5 Å². The summed E-state index contributed by atoms with van der Waals surface area (Å²) in [5, 5.41) is 31.7. The molecule has 1 saturated heterocycles. The summed E-state index contributed by atoms with van der Waals surface area (Å²) in [4.78, 5) is 23.0. The maximum Gasteiger partial charge on any atom is 0.404 e. The zero-order chi connectivity index (χ0) is 15.6. The Kier molecular flexibility index (Phi) is 4.63. The highest BCUT2D eigenvalue weighted by Gasteiger charge is 2.35. The van der Waals surface area contributed by atoms with Gasteiger partial charge in [0.2, 0.25) is 0 Å². The summed E-state index contributed by atoms with van der Waals surface area (Å²) < 4.78 is 0.675. The van der Waals surface area contributed by atoms with Crippen LogP contribution in [0.3, 0.4) is 0 Å². The lowest BCUT2D eigenvalue weighted by molar-refractivity contribution is -0.384. The number of hydrogen-bond acceptors (Lipinski definition) is 5. The minimum absolute atomic E-state index is 0.0763. The SMILES string of the molecule is O=C(O)N[C@H]1C[C@@H](CO)N(c2cc(Br)ccc2[N+](=O)[O-])C1. The van der Waals surface area contributed by atoms with E-state index in [2.05, 4.69) is 21.2 Å². The van der Waals surface area contributed by atoms with Gasteiger partial charge in [-0.05, 0) is 18.6 Å². The largest absolute Gasteiger partial charge is 0.465 e. The normalized spacial score (nSPS) is 21.3. The van der Waals surface area contributed by atoms with Crippen LogP contribution in [0.4, 0.5) is 16.2 Å². The molecule has 9 heteroatoms. The average molecular weight is 360 g/mol. The van der Waals surface area contributed by atoms with Gasteiger partial charge in [-0.1, -0.05) is 15.9 Å². The maximum atomic E-state index is 11.1. The van der Waals surface area contributed by atoms with E-state index in [1.807, 2.05) is 0 Å². The van der Waals surface area contributed by atoms with Crippen molar-refractivity contribution >= 4 is 33.4 Å². The van der Waals surface area contributed by atoms with Crippen molar-refractivity contribution in [2.45, 2.75) is 18.5 Å². The van der Waals surface area contributed by atoms with E-state index in [-0.39, 0.29) is 30.9 Å². The average Bonchev–Trinajstić information content (AvgIpc) is 2.80. The Morgan fingerprint density at radius 2 is 2.29 bits per heavy atom. The highest BCUT2D eigenvalue weighted by molar-refractivity contribution is 9.10. The molecule has 1 amide bonds. The van der Waals surface area contributed by atoms with Crippen molar-refractivity contribution in [3.05, 3.63) is 32.8 Å². The molecule has 21 heavy (non-hydrogen) atoms. The first kappa shape index (κ1) is 15.5. The van der Waals surface area contributed by atoms with Gasteiger partial charge in [-0.25, -0.2) is 4.79 Å². The first-order chi connectivity index (χ1) is 9.92. The number of carboxylic acid groups (broad SMARTS) is 1. The summed E-state index contributed by atoms with van der Waals surface area (Å²) in [6.45, 7) is 0.0658. The van der Waals surface area contributed by atoms with Crippen LogP contribution in [-0.2, 0) is 0 Å². The van der Waals surface area contributed by atoms with Gasteiger partial charge in [-0.2, -0.15) is 0 Å². The van der Waals surface area contributed by atoms with E-state index in [1.165, 1.54) is 6.07 Å². The molecule has 1 heterocycles. The number of rotatable bonds is 4. The third-order valence-electron chi connectivity index (χ3n) is 3.40. The summed E-state index contributed by atoms with van der Waals surface area (Å²) in [6.07, 6.45) is -0.755. The van der Waals surface area contributed by atoms with Gasteiger partial charge >= 0.3 is 6.09 Å². The van der Waals surface area contributed by atoms with Crippen LogP contribution < -0.4 is 10.2 Å². The molecule has 1 fully saturated rings. The van der Waals surface area contributed by atoms with E-state index in [1.54, 1.807) is 17.0 Å². The van der Waals surface area contributed by atoms with E-state index in [9.17, 15) is 20.0 Å².